The number of benzene rings is 1. The number of pyridine rings is 1. The predicted molar refractivity (Wildman–Crippen MR) is 101 cm³/mol. The van der Waals surface area contributed by atoms with Crippen molar-refractivity contribution < 1.29 is 14.4 Å². The molecule has 4 rings (SSSR count). The van der Waals surface area contributed by atoms with Crippen molar-refractivity contribution in [3.8, 4) is 0 Å². The number of nitrogens with zero attached hydrogens (tertiary/aromatic N) is 2. The number of nitrogens with one attached hydrogen (secondary N) is 1. The molecule has 6 nitrogen and oxygen atoms in total. The highest BCUT2D eigenvalue weighted by Crippen LogP contribution is 2.46. The zero-order valence-corrected chi connectivity index (χ0v) is 15.0. The molecule has 4 atom stereocenters. The number of carbonyl (C=O) groups is 3. The van der Waals surface area contributed by atoms with E-state index in [2.05, 4.69) is 10.3 Å². The minimum absolute atomic E-state index is 0.0686. The zero-order valence-electron chi connectivity index (χ0n) is 15.0. The second kappa shape index (κ2) is 6.95. The summed E-state index contributed by atoms with van der Waals surface area (Å²) < 4.78 is 0. The van der Waals surface area contributed by atoms with E-state index in [1.165, 1.54) is 4.90 Å². The zero-order chi connectivity index (χ0) is 19.0. The number of amides is 3. The van der Waals surface area contributed by atoms with Gasteiger partial charge >= 0.3 is 0 Å². The third kappa shape index (κ3) is 3.01. The average Bonchev–Trinajstić information content (AvgIpc) is 2.95. The van der Waals surface area contributed by atoms with Crippen molar-refractivity contribution in [2.24, 2.45) is 23.7 Å². The van der Waals surface area contributed by atoms with E-state index >= 15 is 0 Å². The van der Waals surface area contributed by atoms with Crippen LogP contribution in [-0.2, 0) is 14.4 Å². The lowest BCUT2D eigenvalue weighted by atomic mass is 9.68. The van der Waals surface area contributed by atoms with E-state index in [0.29, 0.717) is 17.9 Å². The number of hydrogen-bond acceptors (Lipinski definition) is 4. The third-order valence-electron chi connectivity index (χ3n) is 5.64. The van der Waals surface area contributed by atoms with Crippen molar-refractivity contribution in [1.82, 2.24) is 4.98 Å². The Morgan fingerprint density at radius 2 is 1.70 bits per heavy atom. The van der Waals surface area contributed by atoms with Gasteiger partial charge in [0, 0.05) is 6.20 Å². The van der Waals surface area contributed by atoms with Crippen LogP contribution in [-0.4, -0.2) is 22.7 Å². The molecule has 1 saturated carbocycles. The number of para-hydroxylation sites is 1. The minimum Gasteiger partial charge on any atom is -0.310 e. The Hall–Kier alpha value is -3.02. The fraction of sp³-hybridized carbons (Fsp3) is 0.333. The van der Waals surface area contributed by atoms with E-state index < -0.39 is 17.8 Å². The number of hydrogen-bond donors (Lipinski definition) is 1. The van der Waals surface area contributed by atoms with E-state index in [-0.39, 0.29) is 23.6 Å². The Balaban J connectivity index is 1.63. The monoisotopic (exact) mass is 363 g/mol. The summed E-state index contributed by atoms with van der Waals surface area (Å²) in [7, 11) is 0. The maximum Gasteiger partial charge on any atom is 0.238 e. The summed E-state index contributed by atoms with van der Waals surface area (Å²) in [6.07, 6.45) is 2.93. The van der Waals surface area contributed by atoms with Crippen LogP contribution < -0.4 is 10.2 Å². The topological polar surface area (TPSA) is 79.4 Å². The van der Waals surface area contributed by atoms with Crippen LogP contribution in [0.3, 0.4) is 0 Å². The van der Waals surface area contributed by atoms with E-state index in [1.54, 1.807) is 48.7 Å². The molecule has 0 bridgehead atoms. The Labute approximate surface area is 157 Å². The van der Waals surface area contributed by atoms with Crippen molar-refractivity contribution in [1.29, 1.82) is 0 Å². The van der Waals surface area contributed by atoms with Gasteiger partial charge in [-0.15, -0.1) is 0 Å². The van der Waals surface area contributed by atoms with Gasteiger partial charge in [-0.05, 0) is 43.0 Å². The second-order valence-corrected chi connectivity index (χ2v) is 7.26. The number of fused-ring (bicyclic) bond motifs is 1. The van der Waals surface area contributed by atoms with Gasteiger partial charge in [-0.1, -0.05) is 31.2 Å². The van der Waals surface area contributed by atoms with Gasteiger partial charge in [0.1, 0.15) is 5.82 Å². The van der Waals surface area contributed by atoms with Crippen molar-refractivity contribution in [2.75, 3.05) is 10.2 Å². The molecular weight excluding hydrogens is 342 g/mol. The first-order valence-electron chi connectivity index (χ1n) is 9.22. The number of anilines is 2. The molecule has 0 spiro atoms. The van der Waals surface area contributed by atoms with Gasteiger partial charge in [-0.2, -0.15) is 0 Å². The van der Waals surface area contributed by atoms with Crippen LogP contribution >= 0.6 is 0 Å². The molecule has 3 amide bonds. The third-order valence-corrected chi connectivity index (χ3v) is 5.64. The molecule has 2 aliphatic rings. The minimum atomic E-state index is -0.620. The molecular formula is C21H21N3O3. The van der Waals surface area contributed by atoms with Crippen LogP contribution in [0.1, 0.15) is 19.8 Å². The first kappa shape index (κ1) is 17.4. The fourth-order valence-electron chi connectivity index (χ4n) is 4.32. The maximum absolute atomic E-state index is 13.2. The maximum atomic E-state index is 13.2. The lowest BCUT2D eigenvalue weighted by molar-refractivity contribution is -0.133. The summed E-state index contributed by atoms with van der Waals surface area (Å²) in [6, 6.07) is 14.2. The highest BCUT2D eigenvalue weighted by atomic mass is 16.2. The summed E-state index contributed by atoms with van der Waals surface area (Å²) in [5.74, 6) is -1.79. The fourth-order valence-corrected chi connectivity index (χ4v) is 4.32. The second-order valence-electron chi connectivity index (χ2n) is 7.26. The molecule has 2 heterocycles. The van der Waals surface area contributed by atoms with Gasteiger partial charge in [-0.3, -0.25) is 19.3 Å². The molecule has 1 aliphatic heterocycles. The summed E-state index contributed by atoms with van der Waals surface area (Å²) in [4.78, 5) is 44.5. The lowest BCUT2D eigenvalue weighted by Gasteiger charge is -2.33. The van der Waals surface area contributed by atoms with Gasteiger partial charge in [-0.25, -0.2) is 4.98 Å². The Morgan fingerprint density at radius 3 is 2.41 bits per heavy atom. The Morgan fingerprint density at radius 1 is 1.00 bits per heavy atom. The van der Waals surface area contributed by atoms with Gasteiger partial charge < -0.3 is 5.32 Å². The molecule has 6 heteroatoms. The van der Waals surface area contributed by atoms with Crippen LogP contribution in [0.25, 0.3) is 0 Å². The normalized spacial score (nSPS) is 27.4. The largest absolute Gasteiger partial charge is 0.310 e. The van der Waals surface area contributed by atoms with E-state index in [4.69, 9.17) is 0 Å². The molecule has 138 valence electrons. The SMILES string of the molecule is C[C@@H]1CC[C@H](C(=O)Nc2ccccn2)[C@H]2C(=O)N(c3ccccc3)C(=O)[C@H]21. The molecule has 0 unspecified atom stereocenters. The van der Waals surface area contributed by atoms with Gasteiger partial charge in [0.25, 0.3) is 0 Å². The summed E-state index contributed by atoms with van der Waals surface area (Å²) in [5, 5.41) is 2.80. The number of imide groups is 1. The summed E-state index contributed by atoms with van der Waals surface area (Å²) >= 11 is 0. The smallest absolute Gasteiger partial charge is 0.238 e. The molecule has 0 radical (unpaired) electrons. The van der Waals surface area contributed by atoms with Crippen molar-refractivity contribution in [3.05, 3.63) is 54.7 Å². The van der Waals surface area contributed by atoms with E-state index in [9.17, 15) is 14.4 Å². The van der Waals surface area contributed by atoms with Crippen LogP contribution in [0.5, 0.6) is 0 Å². The molecule has 1 aliphatic carbocycles. The number of aromatic nitrogens is 1. The number of rotatable bonds is 3. The lowest BCUT2D eigenvalue weighted by Crippen LogP contribution is -2.41. The average molecular weight is 363 g/mol. The van der Waals surface area contributed by atoms with Gasteiger partial charge in [0.05, 0.1) is 23.4 Å². The summed E-state index contributed by atoms with van der Waals surface area (Å²) in [5.41, 5.74) is 0.568. The Bertz CT molecular complexity index is 869. The highest BCUT2D eigenvalue weighted by molar-refractivity contribution is 6.23. The van der Waals surface area contributed by atoms with Crippen LogP contribution in [0.4, 0.5) is 11.5 Å². The first-order chi connectivity index (χ1) is 13.1. The van der Waals surface area contributed by atoms with Crippen molar-refractivity contribution >= 4 is 29.2 Å². The van der Waals surface area contributed by atoms with Gasteiger partial charge in [0.15, 0.2) is 0 Å². The molecule has 27 heavy (non-hydrogen) atoms. The number of carbonyl (C=O) groups excluding carboxylic acids is 3. The standard InChI is InChI=1S/C21H21N3O3/c1-13-10-11-15(19(25)23-16-9-5-6-12-22-16)18-17(13)20(26)24(21(18)27)14-7-3-2-4-8-14/h2-9,12-13,15,17-18H,10-11H2,1H3,(H,22,23,25)/t13-,15+,17+,18-/m1/s1. The van der Waals surface area contributed by atoms with Crippen LogP contribution in [0, 0.1) is 23.7 Å². The van der Waals surface area contributed by atoms with Crippen molar-refractivity contribution in [2.45, 2.75) is 19.8 Å². The molecule has 1 aromatic heterocycles. The highest BCUT2D eigenvalue weighted by Gasteiger charge is 2.56. The summed E-state index contributed by atoms with van der Waals surface area (Å²) in [6.45, 7) is 1.99. The quantitative estimate of drug-likeness (QED) is 0.851. The molecule has 2 aromatic rings. The Kier molecular flexibility index (Phi) is 4.48. The molecule has 1 saturated heterocycles. The van der Waals surface area contributed by atoms with E-state index in [1.807, 2.05) is 13.0 Å². The molecule has 1 aromatic carbocycles. The molecule has 2 fully saturated rings. The van der Waals surface area contributed by atoms with Crippen LogP contribution in [0.2, 0.25) is 0 Å². The van der Waals surface area contributed by atoms with E-state index in [0.717, 1.165) is 6.42 Å². The predicted octanol–water partition coefficient (Wildman–Crippen LogP) is 2.87. The van der Waals surface area contributed by atoms with Crippen molar-refractivity contribution in [3.63, 3.8) is 0 Å². The first-order valence-corrected chi connectivity index (χ1v) is 9.22. The van der Waals surface area contributed by atoms with Gasteiger partial charge in [0.2, 0.25) is 17.7 Å². The molecule has 1 N–H and O–H groups in total. The van der Waals surface area contributed by atoms with Crippen LogP contribution in [0.15, 0.2) is 54.7 Å².